The Morgan fingerprint density at radius 3 is 1.29 bits per heavy atom. The lowest BCUT2D eigenvalue weighted by Gasteiger charge is -1.97. The van der Waals surface area contributed by atoms with Gasteiger partial charge in [-0.05, 0) is 46.8 Å². The molecule has 4 heteroatoms. The fourth-order valence-corrected chi connectivity index (χ4v) is 4.43. The zero-order chi connectivity index (χ0) is 16.5. The highest BCUT2D eigenvalue weighted by Crippen LogP contribution is 2.44. The SMILES string of the molecule is O=C1SC(c2ccccc2)=C/C1=C1\C=C(c2ccccc2)SC1=O. The second-order valence-corrected chi connectivity index (χ2v) is 7.39. The van der Waals surface area contributed by atoms with Crippen LogP contribution in [-0.2, 0) is 9.59 Å². The maximum atomic E-state index is 12.4. The molecule has 0 N–H and O–H groups in total. The first-order valence-corrected chi connectivity index (χ1v) is 9.08. The Morgan fingerprint density at radius 2 is 0.917 bits per heavy atom. The van der Waals surface area contributed by atoms with Crippen LogP contribution < -0.4 is 0 Å². The highest BCUT2D eigenvalue weighted by molar-refractivity contribution is 8.23. The van der Waals surface area contributed by atoms with E-state index in [-0.39, 0.29) is 10.2 Å². The molecule has 2 aromatic carbocycles. The van der Waals surface area contributed by atoms with E-state index in [1.807, 2.05) is 72.8 Å². The summed E-state index contributed by atoms with van der Waals surface area (Å²) in [6, 6.07) is 19.5. The Morgan fingerprint density at radius 1 is 0.542 bits per heavy atom. The summed E-state index contributed by atoms with van der Waals surface area (Å²) in [5.74, 6) is 0. The molecule has 4 rings (SSSR count). The number of allylic oxidation sites excluding steroid dienone is 2. The van der Waals surface area contributed by atoms with Gasteiger partial charge >= 0.3 is 0 Å². The van der Waals surface area contributed by atoms with Crippen LogP contribution in [0, 0.1) is 0 Å². The molecule has 0 unspecified atom stereocenters. The first-order valence-electron chi connectivity index (χ1n) is 7.45. The van der Waals surface area contributed by atoms with Gasteiger partial charge in [0.25, 0.3) is 0 Å². The lowest BCUT2D eigenvalue weighted by molar-refractivity contribution is -0.109. The number of hydrogen-bond donors (Lipinski definition) is 0. The predicted molar refractivity (Wildman–Crippen MR) is 101 cm³/mol. The Labute approximate surface area is 148 Å². The van der Waals surface area contributed by atoms with Crippen molar-refractivity contribution in [2.75, 3.05) is 0 Å². The van der Waals surface area contributed by atoms with Crippen molar-refractivity contribution in [1.82, 2.24) is 0 Å². The van der Waals surface area contributed by atoms with E-state index in [0.717, 1.165) is 20.9 Å². The molecular weight excluding hydrogens is 336 g/mol. The summed E-state index contributed by atoms with van der Waals surface area (Å²) in [7, 11) is 0. The third-order valence-electron chi connectivity index (χ3n) is 3.80. The zero-order valence-corrected chi connectivity index (χ0v) is 14.2. The largest absolute Gasteiger partial charge is 0.281 e. The van der Waals surface area contributed by atoms with Crippen molar-refractivity contribution in [1.29, 1.82) is 0 Å². The fraction of sp³-hybridized carbons (Fsp3) is 0. The van der Waals surface area contributed by atoms with Gasteiger partial charge in [0.2, 0.25) is 10.2 Å². The van der Waals surface area contributed by atoms with E-state index in [1.54, 1.807) is 0 Å². The summed E-state index contributed by atoms with van der Waals surface area (Å²) in [5.41, 5.74) is 3.00. The molecule has 0 spiro atoms. The minimum Gasteiger partial charge on any atom is -0.281 e. The number of carbonyl (C=O) groups is 2. The summed E-state index contributed by atoms with van der Waals surface area (Å²) >= 11 is 2.37. The number of thioether (sulfide) groups is 2. The van der Waals surface area contributed by atoms with Gasteiger partial charge in [0.05, 0.1) is 0 Å². The summed E-state index contributed by atoms with van der Waals surface area (Å²) < 4.78 is 0. The van der Waals surface area contributed by atoms with Gasteiger partial charge in [-0.1, -0.05) is 60.7 Å². The van der Waals surface area contributed by atoms with E-state index in [4.69, 9.17) is 0 Å². The third kappa shape index (κ3) is 2.79. The molecule has 0 aromatic heterocycles. The zero-order valence-electron chi connectivity index (χ0n) is 12.6. The highest BCUT2D eigenvalue weighted by Gasteiger charge is 2.30. The Balaban J connectivity index is 1.76. The van der Waals surface area contributed by atoms with Gasteiger partial charge in [-0.15, -0.1) is 0 Å². The first kappa shape index (κ1) is 15.2. The molecule has 0 saturated heterocycles. The van der Waals surface area contributed by atoms with Crippen molar-refractivity contribution in [2.24, 2.45) is 0 Å². The standard InChI is InChI=1S/C20H12O2S2/c21-19-15(11-17(23-19)13-7-3-1-4-8-13)16-12-18(24-20(16)22)14-9-5-2-6-10-14/h1-12H/b16-15-. The molecule has 0 amide bonds. The van der Waals surface area contributed by atoms with Crippen molar-refractivity contribution in [3.8, 4) is 0 Å². The van der Waals surface area contributed by atoms with E-state index in [9.17, 15) is 9.59 Å². The quantitative estimate of drug-likeness (QED) is 0.722. The molecule has 2 heterocycles. The van der Waals surface area contributed by atoms with Gasteiger partial charge in [-0.3, -0.25) is 9.59 Å². The average molecular weight is 348 g/mol. The maximum Gasteiger partial charge on any atom is 0.224 e. The van der Waals surface area contributed by atoms with Crippen LogP contribution in [0.2, 0.25) is 0 Å². The number of hydrogen-bond acceptors (Lipinski definition) is 4. The van der Waals surface area contributed by atoms with Crippen molar-refractivity contribution in [3.05, 3.63) is 95.1 Å². The van der Waals surface area contributed by atoms with Crippen molar-refractivity contribution in [2.45, 2.75) is 0 Å². The normalized spacial score (nSPS) is 20.3. The number of rotatable bonds is 2. The minimum atomic E-state index is -0.0663. The van der Waals surface area contributed by atoms with Gasteiger partial charge in [-0.25, -0.2) is 0 Å². The Hall–Kier alpha value is -2.30. The lowest BCUT2D eigenvalue weighted by Crippen LogP contribution is -1.98. The lowest BCUT2D eigenvalue weighted by atomic mass is 10.1. The van der Waals surface area contributed by atoms with Crippen LogP contribution in [0.3, 0.4) is 0 Å². The van der Waals surface area contributed by atoms with Gasteiger partial charge in [-0.2, -0.15) is 0 Å². The van der Waals surface area contributed by atoms with Gasteiger partial charge in [0, 0.05) is 21.0 Å². The van der Waals surface area contributed by atoms with Crippen molar-refractivity contribution >= 4 is 43.6 Å². The molecule has 2 aromatic rings. The summed E-state index contributed by atoms with van der Waals surface area (Å²) in [4.78, 5) is 26.6. The highest BCUT2D eigenvalue weighted by atomic mass is 32.2. The van der Waals surface area contributed by atoms with Crippen LogP contribution in [0.15, 0.2) is 84.0 Å². The van der Waals surface area contributed by atoms with Crippen LogP contribution in [0.4, 0.5) is 0 Å². The van der Waals surface area contributed by atoms with Gasteiger partial charge in [0.15, 0.2) is 0 Å². The molecule has 0 fully saturated rings. The number of benzene rings is 2. The molecule has 0 aliphatic carbocycles. The van der Waals surface area contributed by atoms with Crippen LogP contribution >= 0.6 is 23.5 Å². The van der Waals surface area contributed by atoms with E-state index in [1.165, 1.54) is 23.5 Å². The van der Waals surface area contributed by atoms with Crippen LogP contribution in [0.25, 0.3) is 9.81 Å². The van der Waals surface area contributed by atoms with Crippen molar-refractivity contribution < 1.29 is 9.59 Å². The molecule has 0 saturated carbocycles. The number of carbonyl (C=O) groups excluding carboxylic acids is 2. The second kappa shape index (κ2) is 6.30. The van der Waals surface area contributed by atoms with E-state index >= 15 is 0 Å². The second-order valence-electron chi connectivity index (χ2n) is 5.36. The molecular formula is C20H12O2S2. The monoisotopic (exact) mass is 348 g/mol. The van der Waals surface area contributed by atoms with Gasteiger partial charge < -0.3 is 0 Å². The maximum absolute atomic E-state index is 12.4. The third-order valence-corrected chi connectivity index (χ3v) is 5.76. The van der Waals surface area contributed by atoms with E-state index < -0.39 is 0 Å². The topological polar surface area (TPSA) is 34.1 Å². The minimum absolute atomic E-state index is 0.0663. The molecule has 0 bridgehead atoms. The Kier molecular flexibility index (Phi) is 4.00. The molecule has 2 aliphatic heterocycles. The molecule has 0 atom stereocenters. The predicted octanol–water partition coefficient (Wildman–Crippen LogP) is 4.91. The summed E-state index contributed by atoms with van der Waals surface area (Å²) in [5, 5.41) is -0.133. The smallest absolute Gasteiger partial charge is 0.224 e. The summed E-state index contributed by atoms with van der Waals surface area (Å²) in [6.07, 6.45) is 3.67. The first-order chi connectivity index (χ1) is 11.7. The molecule has 116 valence electrons. The molecule has 0 radical (unpaired) electrons. The van der Waals surface area contributed by atoms with Crippen molar-refractivity contribution in [3.63, 3.8) is 0 Å². The molecule has 24 heavy (non-hydrogen) atoms. The Bertz CT molecular complexity index is 845. The molecule has 2 aliphatic rings. The fourth-order valence-electron chi connectivity index (χ4n) is 2.61. The van der Waals surface area contributed by atoms with Crippen LogP contribution in [0.5, 0.6) is 0 Å². The average Bonchev–Trinajstić information content (AvgIpc) is 3.19. The summed E-state index contributed by atoms with van der Waals surface area (Å²) in [6.45, 7) is 0. The van der Waals surface area contributed by atoms with E-state index in [2.05, 4.69) is 0 Å². The van der Waals surface area contributed by atoms with Gasteiger partial charge in [0.1, 0.15) is 0 Å². The van der Waals surface area contributed by atoms with E-state index in [0.29, 0.717) is 11.1 Å². The van der Waals surface area contributed by atoms with Crippen LogP contribution in [0.1, 0.15) is 11.1 Å². The molecule has 2 nitrogen and oxygen atoms in total. The van der Waals surface area contributed by atoms with Crippen LogP contribution in [-0.4, -0.2) is 10.2 Å².